The third kappa shape index (κ3) is 2.88. The van der Waals surface area contributed by atoms with Crippen LogP contribution in [-0.2, 0) is 0 Å². The first kappa shape index (κ1) is 10.9. The van der Waals surface area contributed by atoms with Gasteiger partial charge in [0.05, 0.1) is 23.1 Å². The van der Waals surface area contributed by atoms with E-state index in [-0.39, 0.29) is 5.69 Å². The van der Waals surface area contributed by atoms with Crippen LogP contribution in [0.1, 0.15) is 17.8 Å². The van der Waals surface area contributed by atoms with E-state index >= 15 is 0 Å². The lowest BCUT2D eigenvalue weighted by Gasteiger charge is -1.97. The molecule has 0 N–H and O–H groups in total. The quantitative estimate of drug-likeness (QED) is 0.557. The molecule has 0 bridgehead atoms. The Kier molecular flexibility index (Phi) is 3.52. The van der Waals surface area contributed by atoms with Crippen molar-refractivity contribution >= 4 is 11.8 Å². The van der Waals surface area contributed by atoms with Crippen LogP contribution in [0, 0.1) is 28.4 Å². The van der Waals surface area contributed by atoms with E-state index in [1.807, 2.05) is 6.07 Å². The Morgan fingerprint density at radius 2 is 2.40 bits per heavy atom. The van der Waals surface area contributed by atoms with Gasteiger partial charge in [0.1, 0.15) is 5.69 Å². The predicted octanol–water partition coefficient (Wildman–Crippen LogP) is 2.23. The number of hydrogen-bond acceptors (Lipinski definition) is 4. The molecular weight excluding hydrogens is 194 g/mol. The Labute approximate surface area is 86.8 Å². The normalized spacial score (nSPS) is 10.1. The molecule has 0 aliphatic heterocycles. The molecule has 1 aromatic heterocycles. The maximum atomic E-state index is 10.5. The second kappa shape index (κ2) is 4.86. The van der Waals surface area contributed by atoms with Gasteiger partial charge in [0.2, 0.25) is 0 Å². The highest BCUT2D eigenvalue weighted by atomic mass is 16.6. The smallest absolute Gasteiger partial charge is 0.258 e. The molecule has 0 amide bonds. The van der Waals surface area contributed by atoms with Gasteiger partial charge in [0.25, 0.3) is 5.69 Å². The van der Waals surface area contributed by atoms with Gasteiger partial charge in [0.15, 0.2) is 0 Å². The summed E-state index contributed by atoms with van der Waals surface area (Å²) in [5.41, 5.74) is 1.000. The van der Waals surface area contributed by atoms with E-state index in [4.69, 9.17) is 5.26 Å². The number of nitro groups is 1. The molecule has 0 aromatic carbocycles. The zero-order chi connectivity index (χ0) is 11.3. The van der Waals surface area contributed by atoms with Gasteiger partial charge < -0.3 is 0 Å². The molecule has 15 heavy (non-hydrogen) atoms. The predicted molar refractivity (Wildman–Crippen MR) is 54.9 cm³/mol. The summed E-state index contributed by atoms with van der Waals surface area (Å²) >= 11 is 0. The number of pyridine rings is 1. The Hall–Kier alpha value is -2.22. The second-order valence-corrected chi connectivity index (χ2v) is 2.86. The van der Waals surface area contributed by atoms with E-state index < -0.39 is 4.92 Å². The number of nitrogens with zero attached hydrogens (tertiary/aromatic N) is 3. The molecule has 0 spiro atoms. The molecule has 5 heteroatoms. The van der Waals surface area contributed by atoms with Crippen molar-refractivity contribution < 1.29 is 4.92 Å². The van der Waals surface area contributed by atoms with E-state index in [0.29, 0.717) is 17.8 Å². The molecule has 5 nitrogen and oxygen atoms in total. The second-order valence-electron chi connectivity index (χ2n) is 2.86. The van der Waals surface area contributed by atoms with Crippen LogP contribution in [0.4, 0.5) is 5.69 Å². The molecule has 0 saturated heterocycles. The van der Waals surface area contributed by atoms with Crippen LogP contribution in [-0.4, -0.2) is 9.91 Å². The highest BCUT2D eigenvalue weighted by Gasteiger charge is 2.10. The van der Waals surface area contributed by atoms with Gasteiger partial charge in [-0.3, -0.25) is 10.1 Å². The van der Waals surface area contributed by atoms with Crippen molar-refractivity contribution in [2.45, 2.75) is 13.3 Å². The molecule has 0 unspecified atom stereocenters. The van der Waals surface area contributed by atoms with Crippen molar-refractivity contribution in [2.75, 3.05) is 0 Å². The van der Waals surface area contributed by atoms with Crippen molar-refractivity contribution in [3.05, 3.63) is 39.7 Å². The lowest BCUT2D eigenvalue weighted by Crippen LogP contribution is -1.95. The van der Waals surface area contributed by atoms with Crippen LogP contribution in [0.3, 0.4) is 0 Å². The minimum absolute atomic E-state index is 0.00688. The topological polar surface area (TPSA) is 79.8 Å². The molecule has 0 fully saturated rings. The van der Waals surface area contributed by atoms with Crippen LogP contribution in [0.5, 0.6) is 0 Å². The summed E-state index contributed by atoms with van der Waals surface area (Å²) in [5.74, 6) is 0. The Morgan fingerprint density at radius 1 is 1.67 bits per heavy atom. The molecular formula is C10H9N3O2. The number of nitriles is 1. The fourth-order valence-electron chi connectivity index (χ4n) is 1.09. The lowest BCUT2D eigenvalue weighted by atomic mass is 10.2. The molecule has 0 atom stereocenters. The van der Waals surface area contributed by atoms with Crippen LogP contribution in [0.25, 0.3) is 6.08 Å². The fraction of sp³-hybridized carbons (Fsp3) is 0.200. The molecule has 0 radical (unpaired) electrons. The summed E-state index contributed by atoms with van der Waals surface area (Å²) < 4.78 is 0. The molecule has 0 aliphatic carbocycles. The zero-order valence-electron chi connectivity index (χ0n) is 8.17. The summed E-state index contributed by atoms with van der Waals surface area (Å²) in [7, 11) is 0. The monoisotopic (exact) mass is 203 g/mol. The van der Waals surface area contributed by atoms with Crippen LogP contribution < -0.4 is 0 Å². The van der Waals surface area contributed by atoms with E-state index in [9.17, 15) is 10.1 Å². The third-order valence-electron chi connectivity index (χ3n) is 1.77. The zero-order valence-corrected chi connectivity index (χ0v) is 8.17. The van der Waals surface area contributed by atoms with Gasteiger partial charge in [-0.05, 0) is 19.1 Å². The van der Waals surface area contributed by atoms with Crippen LogP contribution in [0.2, 0.25) is 0 Å². The maximum Gasteiger partial charge on any atom is 0.290 e. The number of hydrogen-bond donors (Lipinski definition) is 0. The molecule has 76 valence electrons. The van der Waals surface area contributed by atoms with E-state index in [2.05, 4.69) is 4.98 Å². The molecule has 0 saturated carbocycles. The summed E-state index contributed by atoms with van der Waals surface area (Å²) in [4.78, 5) is 14.1. The first-order chi connectivity index (χ1) is 7.15. The van der Waals surface area contributed by atoms with Crippen molar-refractivity contribution in [2.24, 2.45) is 0 Å². The van der Waals surface area contributed by atoms with Gasteiger partial charge in [-0.15, -0.1) is 0 Å². The Bertz CT molecular complexity index is 446. The summed E-state index contributed by atoms with van der Waals surface area (Å²) in [5, 5.41) is 18.8. The number of allylic oxidation sites excluding steroid dienone is 1. The van der Waals surface area contributed by atoms with Crippen LogP contribution >= 0.6 is 0 Å². The average molecular weight is 203 g/mol. The first-order valence-electron chi connectivity index (χ1n) is 4.30. The van der Waals surface area contributed by atoms with E-state index in [1.165, 1.54) is 6.07 Å². The highest BCUT2D eigenvalue weighted by Crippen LogP contribution is 2.15. The first-order valence-corrected chi connectivity index (χ1v) is 4.30. The van der Waals surface area contributed by atoms with Crippen molar-refractivity contribution in [1.82, 2.24) is 4.98 Å². The van der Waals surface area contributed by atoms with Crippen molar-refractivity contribution in [3.63, 3.8) is 0 Å². The van der Waals surface area contributed by atoms with Gasteiger partial charge in [-0.25, -0.2) is 4.98 Å². The van der Waals surface area contributed by atoms with Crippen LogP contribution in [0.15, 0.2) is 18.2 Å². The Balaban J connectivity index is 2.93. The molecule has 1 aromatic rings. The van der Waals surface area contributed by atoms with Gasteiger partial charge >= 0.3 is 0 Å². The summed E-state index contributed by atoms with van der Waals surface area (Å²) in [6, 6.07) is 4.93. The fourth-order valence-corrected chi connectivity index (χ4v) is 1.09. The van der Waals surface area contributed by atoms with E-state index in [1.54, 1.807) is 25.1 Å². The highest BCUT2D eigenvalue weighted by molar-refractivity contribution is 5.48. The SMILES string of the molecule is Cc1nc(C=CCC#N)ccc1[N+](=O)[O-]. The minimum atomic E-state index is -0.467. The number of rotatable bonds is 3. The maximum absolute atomic E-state index is 10.5. The third-order valence-corrected chi connectivity index (χ3v) is 1.77. The average Bonchev–Trinajstić information content (AvgIpc) is 2.17. The summed E-state index contributed by atoms with van der Waals surface area (Å²) in [6.07, 6.45) is 3.63. The lowest BCUT2D eigenvalue weighted by molar-refractivity contribution is -0.385. The van der Waals surface area contributed by atoms with Gasteiger partial charge in [0, 0.05) is 6.07 Å². The largest absolute Gasteiger partial charge is 0.290 e. The number of aryl methyl sites for hydroxylation is 1. The van der Waals surface area contributed by atoms with Gasteiger partial charge in [-0.1, -0.05) is 6.08 Å². The van der Waals surface area contributed by atoms with Gasteiger partial charge in [-0.2, -0.15) is 5.26 Å². The number of aromatic nitrogens is 1. The summed E-state index contributed by atoms with van der Waals surface area (Å²) in [6.45, 7) is 1.58. The molecule has 0 aliphatic rings. The molecule has 1 rings (SSSR count). The van der Waals surface area contributed by atoms with Crippen molar-refractivity contribution in [1.29, 1.82) is 5.26 Å². The molecule has 1 heterocycles. The van der Waals surface area contributed by atoms with E-state index in [0.717, 1.165) is 0 Å². The van der Waals surface area contributed by atoms with Crippen molar-refractivity contribution in [3.8, 4) is 6.07 Å². The Morgan fingerprint density at radius 3 is 2.93 bits per heavy atom. The standard InChI is InChI=1S/C10H9N3O2/c1-8-10(13(14)15)6-5-9(12-8)4-2-3-7-11/h2,4-6H,3H2,1H3. The minimum Gasteiger partial charge on any atom is -0.258 e.